The number of rotatable bonds is 5. The number of thiophene rings is 1. The van der Waals surface area contributed by atoms with Gasteiger partial charge in [0.05, 0.1) is 8.67 Å². The molecule has 1 aromatic heterocycles. The van der Waals surface area contributed by atoms with Gasteiger partial charge < -0.3 is 5.32 Å². The Morgan fingerprint density at radius 1 is 1.53 bits per heavy atom. The largest absolute Gasteiger partial charge is 0.316 e. The molecule has 4 heteroatoms. The molecule has 0 bridgehead atoms. The number of hydrogen-bond acceptors (Lipinski definition) is 2. The third-order valence-electron chi connectivity index (χ3n) is 3.63. The zero-order chi connectivity index (χ0) is 12.6. The highest BCUT2D eigenvalue weighted by molar-refractivity contribution is 7.20. The van der Waals surface area contributed by atoms with Crippen molar-refractivity contribution >= 4 is 34.5 Å². The van der Waals surface area contributed by atoms with Gasteiger partial charge in [0.15, 0.2) is 0 Å². The first kappa shape index (κ1) is 13.7. The van der Waals surface area contributed by atoms with E-state index < -0.39 is 0 Å². The second-order valence-corrected chi connectivity index (χ2v) is 7.89. The fourth-order valence-electron chi connectivity index (χ4n) is 2.36. The summed E-state index contributed by atoms with van der Waals surface area (Å²) in [7, 11) is 0. The van der Waals surface area contributed by atoms with Crippen molar-refractivity contribution in [1.29, 1.82) is 0 Å². The third kappa shape index (κ3) is 2.98. The molecule has 0 radical (unpaired) electrons. The first-order valence-electron chi connectivity index (χ1n) is 6.09. The highest BCUT2D eigenvalue weighted by Crippen LogP contribution is 2.57. The van der Waals surface area contributed by atoms with E-state index in [2.05, 4.69) is 26.1 Å². The maximum atomic E-state index is 6.23. The van der Waals surface area contributed by atoms with Crippen LogP contribution in [-0.2, 0) is 5.41 Å². The molecule has 2 atom stereocenters. The lowest BCUT2D eigenvalue weighted by Crippen LogP contribution is -2.24. The van der Waals surface area contributed by atoms with Crippen LogP contribution in [0, 0.1) is 11.8 Å². The topological polar surface area (TPSA) is 12.0 Å². The highest BCUT2D eigenvalue weighted by Gasteiger charge is 2.52. The molecule has 1 N–H and O–H groups in total. The van der Waals surface area contributed by atoms with Crippen molar-refractivity contribution in [3.05, 3.63) is 20.3 Å². The van der Waals surface area contributed by atoms with Gasteiger partial charge in [-0.25, -0.2) is 0 Å². The van der Waals surface area contributed by atoms with Crippen molar-refractivity contribution in [2.45, 2.75) is 32.6 Å². The lowest BCUT2D eigenvalue weighted by Gasteiger charge is -2.12. The van der Waals surface area contributed by atoms with Gasteiger partial charge in [-0.15, -0.1) is 11.3 Å². The average Bonchev–Trinajstić information content (AvgIpc) is 2.72. The van der Waals surface area contributed by atoms with Crippen molar-refractivity contribution in [3.8, 4) is 0 Å². The Balaban J connectivity index is 1.93. The molecule has 1 aliphatic rings. The van der Waals surface area contributed by atoms with Crippen LogP contribution in [0.3, 0.4) is 0 Å². The van der Waals surface area contributed by atoms with Gasteiger partial charge in [-0.3, -0.25) is 0 Å². The monoisotopic (exact) mass is 291 g/mol. The Labute approximate surface area is 118 Å². The number of halogens is 2. The summed E-state index contributed by atoms with van der Waals surface area (Å²) < 4.78 is 1.66. The Kier molecular flexibility index (Phi) is 4.09. The van der Waals surface area contributed by atoms with Crippen molar-refractivity contribution in [2.24, 2.45) is 11.8 Å². The Morgan fingerprint density at radius 2 is 2.24 bits per heavy atom. The summed E-state index contributed by atoms with van der Waals surface area (Å²) in [6, 6.07) is 2.04. The van der Waals surface area contributed by atoms with Gasteiger partial charge in [0.2, 0.25) is 0 Å². The molecule has 1 aliphatic carbocycles. The van der Waals surface area contributed by atoms with Crippen molar-refractivity contribution in [2.75, 3.05) is 13.1 Å². The summed E-state index contributed by atoms with van der Waals surface area (Å²) in [5.41, 5.74) is 1.48. The van der Waals surface area contributed by atoms with Crippen LogP contribution in [0.15, 0.2) is 6.07 Å². The summed E-state index contributed by atoms with van der Waals surface area (Å²) in [4.78, 5) is 0. The molecule has 17 heavy (non-hydrogen) atoms. The molecule has 2 rings (SSSR count). The zero-order valence-corrected chi connectivity index (χ0v) is 12.8. The molecule has 0 aliphatic heterocycles. The summed E-state index contributed by atoms with van der Waals surface area (Å²) in [5, 5.41) is 3.53. The Bertz CT molecular complexity index is 402. The molecule has 0 aromatic carbocycles. The van der Waals surface area contributed by atoms with E-state index in [9.17, 15) is 0 Å². The van der Waals surface area contributed by atoms with Crippen molar-refractivity contribution in [1.82, 2.24) is 5.32 Å². The molecule has 1 fully saturated rings. The summed E-state index contributed by atoms with van der Waals surface area (Å²) >= 11 is 13.7. The van der Waals surface area contributed by atoms with Gasteiger partial charge in [0, 0.05) is 0 Å². The van der Waals surface area contributed by atoms with E-state index in [1.165, 1.54) is 23.3 Å². The summed E-state index contributed by atoms with van der Waals surface area (Å²) in [5.74, 6) is 1.41. The van der Waals surface area contributed by atoms with Crippen molar-refractivity contribution < 1.29 is 0 Å². The molecule has 1 heterocycles. The Hall–Kier alpha value is 0.240. The molecule has 1 aromatic rings. The molecule has 1 saturated carbocycles. The molecule has 1 nitrogen and oxygen atoms in total. The minimum Gasteiger partial charge on any atom is -0.316 e. The molecule has 0 amide bonds. The molecule has 2 unspecified atom stereocenters. The Morgan fingerprint density at radius 3 is 2.76 bits per heavy atom. The van der Waals surface area contributed by atoms with E-state index in [0.717, 1.165) is 21.8 Å². The number of hydrogen-bond donors (Lipinski definition) is 1. The van der Waals surface area contributed by atoms with Gasteiger partial charge in [0.25, 0.3) is 0 Å². The molecule has 0 spiro atoms. The normalized spacial score (nSPS) is 27.8. The van der Waals surface area contributed by atoms with Crippen molar-refractivity contribution in [3.63, 3.8) is 0 Å². The quantitative estimate of drug-likeness (QED) is 0.837. The molecular weight excluding hydrogens is 273 g/mol. The van der Waals surface area contributed by atoms with Crippen LogP contribution in [0.25, 0.3) is 0 Å². The second kappa shape index (κ2) is 5.08. The highest BCUT2D eigenvalue weighted by atomic mass is 35.5. The predicted octanol–water partition coefficient (Wildman–Crippen LogP) is 4.58. The van der Waals surface area contributed by atoms with Crippen LogP contribution < -0.4 is 5.32 Å². The molecular formula is C13H19Cl2NS. The summed E-state index contributed by atoms with van der Waals surface area (Å²) in [6.45, 7) is 8.92. The maximum absolute atomic E-state index is 6.23. The van der Waals surface area contributed by atoms with Gasteiger partial charge in [-0.2, -0.15) is 0 Å². The van der Waals surface area contributed by atoms with E-state index in [0.29, 0.717) is 11.8 Å². The van der Waals surface area contributed by atoms with E-state index in [1.54, 1.807) is 0 Å². The smallest absolute Gasteiger partial charge is 0.0981 e. The van der Waals surface area contributed by atoms with Crippen LogP contribution in [0.4, 0.5) is 0 Å². The fourth-order valence-corrected chi connectivity index (χ4v) is 4.08. The van der Waals surface area contributed by atoms with Gasteiger partial charge in [-0.1, -0.05) is 44.0 Å². The number of nitrogens with one attached hydrogen (secondary N) is 1. The molecule has 0 saturated heterocycles. The lowest BCUT2D eigenvalue weighted by molar-refractivity contribution is 0.515. The fraction of sp³-hybridized carbons (Fsp3) is 0.692. The standard InChI is InChI=1S/C13H19Cl2NS/c1-8(2)6-16-7-9-5-13(9,3)10-4-11(14)17-12(10)15/h4,8-9,16H,5-7H2,1-3H3. The second-order valence-electron chi connectivity index (χ2n) is 5.61. The minimum absolute atomic E-state index is 0.241. The first-order chi connectivity index (χ1) is 7.93. The SMILES string of the molecule is CC(C)CNCC1CC1(C)c1cc(Cl)sc1Cl. The van der Waals surface area contributed by atoms with Crippen LogP contribution in [0.2, 0.25) is 8.67 Å². The van der Waals surface area contributed by atoms with Crippen LogP contribution in [0.1, 0.15) is 32.8 Å². The average molecular weight is 292 g/mol. The van der Waals surface area contributed by atoms with E-state index in [4.69, 9.17) is 23.2 Å². The van der Waals surface area contributed by atoms with Gasteiger partial charge >= 0.3 is 0 Å². The van der Waals surface area contributed by atoms with Gasteiger partial charge in [-0.05, 0) is 48.4 Å². The lowest BCUT2D eigenvalue weighted by atomic mass is 9.98. The summed E-state index contributed by atoms with van der Waals surface area (Å²) in [6.07, 6.45) is 1.21. The van der Waals surface area contributed by atoms with E-state index in [1.807, 2.05) is 6.07 Å². The molecule has 96 valence electrons. The zero-order valence-electron chi connectivity index (χ0n) is 10.5. The third-order valence-corrected chi connectivity index (χ3v) is 5.11. The van der Waals surface area contributed by atoms with Crippen LogP contribution in [-0.4, -0.2) is 13.1 Å². The van der Waals surface area contributed by atoms with E-state index in [-0.39, 0.29) is 5.41 Å². The van der Waals surface area contributed by atoms with Crippen LogP contribution in [0.5, 0.6) is 0 Å². The van der Waals surface area contributed by atoms with Crippen LogP contribution >= 0.6 is 34.5 Å². The van der Waals surface area contributed by atoms with Gasteiger partial charge in [0.1, 0.15) is 0 Å². The predicted molar refractivity (Wildman–Crippen MR) is 77.5 cm³/mol. The first-order valence-corrected chi connectivity index (χ1v) is 7.66. The maximum Gasteiger partial charge on any atom is 0.0981 e. The minimum atomic E-state index is 0.241. The van der Waals surface area contributed by atoms with E-state index >= 15 is 0 Å².